The third kappa shape index (κ3) is 10.5. The number of nitrogens with zero attached hydrogens (tertiary/aromatic N) is 5. The first-order chi connectivity index (χ1) is 25.6. The number of ether oxygens (including phenoxy) is 2. The second kappa shape index (κ2) is 16.5. The Morgan fingerprint density at radius 1 is 1.07 bits per heavy atom. The zero-order valence-corrected chi connectivity index (χ0v) is 35.0. The fourth-order valence-electron chi connectivity index (χ4n) is 6.55. The van der Waals surface area contributed by atoms with E-state index in [0.717, 1.165) is 11.5 Å². The molecule has 5 rings (SSSR count). The van der Waals surface area contributed by atoms with Crippen molar-refractivity contribution in [3.63, 3.8) is 0 Å². The Hall–Kier alpha value is -3.54. The maximum atomic E-state index is 15.3. The fraction of sp³-hybridized carbons (Fsp3) is 0.579. The molecule has 11 nitrogen and oxygen atoms in total. The first-order valence-corrected chi connectivity index (χ1v) is 23.4. The molecule has 2 fully saturated rings. The summed E-state index contributed by atoms with van der Waals surface area (Å²) in [7, 11) is -0.393. The molecule has 1 atom stereocenters. The summed E-state index contributed by atoms with van der Waals surface area (Å²) in [4.78, 5) is 11.3. The number of allylic oxidation sites excluding steroid dienone is 1. The van der Waals surface area contributed by atoms with Gasteiger partial charge in [0.05, 0.1) is 18.8 Å². The van der Waals surface area contributed by atoms with Gasteiger partial charge < -0.3 is 29.2 Å². The average molecular weight is 813 g/mol. The molecule has 306 valence electrons. The van der Waals surface area contributed by atoms with Crippen molar-refractivity contribution < 1.29 is 31.2 Å². The molecule has 3 N–H and O–H groups in total. The highest BCUT2D eigenvalue weighted by atomic mass is 32.3. The monoisotopic (exact) mass is 812 g/mol. The van der Waals surface area contributed by atoms with E-state index < -0.39 is 43.5 Å². The molecular formula is C38H56F4N8O3S2. The van der Waals surface area contributed by atoms with E-state index in [1.54, 1.807) is 25.4 Å². The van der Waals surface area contributed by atoms with Crippen molar-refractivity contribution in [2.45, 2.75) is 51.2 Å². The molecule has 3 heterocycles. The van der Waals surface area contributed by atoms with E-state index >= 15 is 4.39 Å². The second-order valence-corrected chi connectivity index (χ2v) is 25.0. The minimum atomic E-state index is -2.61. The van der Waals surface area contributed by atoms with Crippen LogP contribution in [0.25, 0.3) is 17.0 Å². The molecule has 1 aliphatic heterocycles. The molecule has 1 aliphatic carbocycles. The van der Waals surface area contributed by atoms with Crippen LogP contribution in [0.1, 0.15) is 46.1 Å². The molecule has 0 bridgehead atoms. The number of alkyl halides is 2. The van der Waals surface area contributed by atoms with Crippen LogP contribution in [-0.4, -0.2) is 113 Å². The van der Waals surface area contributed by atoms with E-state index in [0.29, 0.717) is 60.9 Å². The normalized spacial score (nSPS) is 18.6. The maximum Gasteiger partial charge on any atom is 0.249 e. The summed E-state index contributed by atoms with van der Waals surface area (Å²) in [5.74, 6) is -1.16. The van der Waals surface area contributed by atoms with Gasteiger partial charge in [-0.1, -0.05) is 27.7 Å². The lowest BCUT2D eigenvalue weighted by Crippen LogP contribution is -2.66. The largest absolute Gasteiger partial charge is 0.487 e. The summed E-state index contributed by atoms with van der Waals surface area (Å²) in [6, 6.07) is 5.92. The highest BCUT2D eigenvalue weighted by Gasteiger charge is 2.62. The zero-order valence-electron chi connectivity index (χ0n) is 33.3. The van der Waals surface area contributed by atoms with Crippen molar-refractivity contribution in [3.05, 3.63) is 48.0 Å². The molecule has 3 aromatic rings. The molecule has 55 heavy (non-hydrogen) atoms. The first kappa shape index (κ1) is 42.6. The number of hydrogen-bond acceptors (Lipinski definition) is 10. The molecule has 1 spiro atoms. The van der Waals surface area contributed by atoms with Gasteiger partial charge in [-0.3, -0.25) is 5.41 Å². The molecule has 1 aromatic carbocycles. The van der Waals surface area contributed by atoms with Crippen molar-refractivity contribution in [2.24, 2.45) is 12.5 Å². The lowest BCUT2D eigenvalue weighted by atomic mass is 9.61. The number of halogens is 4. The smallest absolute Gasteiger partial charge is 0.249 e. The summed E-state index contributed by atoms with van der Waals surface area (Å²) >= 11 is 0. The van der Waals surface area contributed by atoms with Gasteiger partial charge in [0.15, 0.2) is 17.4 Å². The molecule has 1 saturated carbocycles. The van der Waals surface area contributed by atoms with Crippen LogP contribution in [-0.2, 0) is 16.0 Å². The van der Waals surface area contributed by atoms with Crippen molar-refractivity contribution in [2.75, 3.05) is 86.4 Å². The molecular weight excluding hydrogens is 757 g/mol. The molecule has 2 aromatic heterocycles. The summed E-state index contributed by atoms with van der Waals surface area (Å²) in [5.41, 5.74) is 0.154. The van der Waals surface area contributed by atoms with E-state index in [2.05, 4.69) is 73.4 Å². The lowest BCUT2D eigenvalue weighted by Gasteiger charge is -2.59. The fourth-order valence-corrected chi connectivity index (χ4v) is 8.99. The minimum Gasteiger partial charge on any atom is -0.487 e. The Labute approximate surface area is 325 Å². The highest BCUT2D eigenvalue weighted by molar-refractivity contribution is 8.32. The van der Waals surface area contributed by atoms with E-state index in [4.69, 9.17) is 24.1 Å². The van der Waals surface area contributed by atoms with Gasteiger partial charge in [-0.2, -0.15) is 9.37 Å². The number of aryl methyl sites for hydroxylation is 1. The van der Waals surface area contributed by atoms with Gasteiger partial charge in [0.1, 0.15) is 19.2 Å². The topological polar surface area (TPSA) is 122 Å². The predicted molar refractivity (Wildman–Crippen MR) is 219 cm³/mol. The van der Waals surface area contributed by atoms with E-state index in [-0.39, 0.29) is 42.1 Å². The van der Waals surface area contributed by atoms with Crippen LogP contribution in [0, 0.1) is 16.6 Å². The van der Waals surface area contributed by atoms with Crippen LogP contribution in [0.4, 0.5) is 35.0 Å². The van der Waals surface area contributed by atoms with Crippen LogP contribution < -0.4 is 20.3 Å². The van der Waals surface area contributed by atoms with Crippen LogP contribution >= 0.6 is 20.3 Å². The Bertz CT molecular complexity index is 1860. The van der Waals surface area contributed by atoms with Gasteiger partial charge in [-0.05, 0) is 55.0 Å². The zero-order chi connectivity index (χ0) is 40.4. The molecule has 1 unspecified atom stereocenters. The minimum absolute atomic E-state index is 0.00685. The van der Waals surface area contributed by atoms with E-state index in [1.807, 2.05) is 4.90 Å². The van der Waals surface area contributed by atoms with Crippen molar-refractivity contribution in [3.8, 4) is 17.1 Å². The second-order valence-electron chi connectivity index (χ2n) is 16.3. The van der Waals surface area contributed by atoms with Gasteiger partial charge in [-0.15, -0.1) is 15.4 Å². The average Bonchev–Trinajstić information content (AvgIpc) is 3.42. The SMILES string of the molecule is CCS(C)(OCCOc1cc(-c2nc(Nc3ccc(/C(=C/NCOCCS(C)(C)C)C(=N)F)c(F)c3)n(C)n2)cnc1N1CC2(C1)CC(F)(F)C2)C(C)(C)C. The number of rotatable bonds is 18. The Morgan fingerprint density at radius 3 is 2.38 bits per heavy atom. The number of benzene rings is 1. The predicted octanol–water partition coefficient (Wildman–Crippen LogP) is 8.10. The quantitative estimate of drug-likeness (QED) is 0.0507. The number of anilines is 3. The Kier molecular flexibility index (Phi) is 12.8. The first-order valence-electron chi connectivity index (χ1n) is 18.2. The Morgan fingerprint density at radius 2 is 1.78 bits per heavy atom. The van der Waals surface area contributed by atoms with Crippen LogP contribution in [0.15, 0.2) is 36.7 Å². The van der Waals surface area contributed by atoms with Gasteiger partial charge in [-0.25, -0.2) is 32.9 Å². The highest BCUT2D eigenvalue weighted by Crippen LogP contribution is 2.58. The standard InChI is InChI=1S/C38H56F4N8O3S2/c1-10-55(9,36(2,3)4)53-14-13-52-31-17-26(19-45-34(31)50-23-37(24-50)21-38(41,42)22-37)33-47-35(49(5)48-33)46-27-11-12-28(30(39)18-27)29(32(40)43)20-44-25-51-15-16-54(6,7)8/h11-12,17-20,43-44H,10,13-16,21-25H2,1-9H3,(H,46,47,48)/b29-20-,43-32?. The van der Waals surface area contributed by atoms with Gasteiger partial charge in [0.2, 0.25) is 17.8 Å². The number of pyridine rings is 1. The third-order valence-electron chi connectivity index (χ3n) is 10.0. The molecule has 17 heteroatoms. The molecule has 0 radical (unpaired) electrons. The van der Waals surface area contributed by atoms with Gasteiger partial charge in [0.25, 0.3) is 0 Å². The third-order valence-corrected chi connectivity index (χ3v) is 15.8. The van der Waals surface area contributed by atoms with Crippen molar-refractivity contribution in [1.29, 1.82) is 5.41 Å². The lowest BCUT2D eigenvalue weighted by molar-refractivity contribution is -0.170. The van der Waals surface area contributed by atoms with Gasteiger partial charge >= 0.3 is 0 Å². The maximum absolute atomic E-state index is 15.3. The van der Waals surface area contributed by atoms with Crippen LogP contribution in [0.5, 0.6) is 5.75 Å². The number of hydrogen-bond donors (Lipinski definition) is 3. The van der Waals surface area contributed by atoms with Crippen molar-refractivity contribution in [1.82, 2.24) is 25.1 Å². The molecule has 1 saturated heterocycles. The van der Waals surface area contributed by atoms with Crippen LogP contribution in [0.3, 0.4) is 0 Å². The Balaban J connectivity index is 1.29. The summed E-state index contributed by atoms with van der Waals surface area (Å²) in [6.45, 7) is 10.9. The number of nitrogens with one attached hydrogen (secondary N) is 3. The van der Waals surface area contributed by atoms with E-state index in [1.165, 1.54) is 23.0 Å². The number of aromatic nitrogens is 4. The van der Waals surface area contributed by atoms with Gasteiger partial charge in [0, 0.05) is 78.1 Å². The molecule has 0 amide bonds. The molecule has 2 aliphatic rings. The van der Waals surface area contributed by atoms with Crippen LogP contribution in [0.2, 0.25) is 0 Å². The summed E-state index contributed by atoms with van der Waals surface area (Å²) in [6.07, 6.45) is 11.3. The summed E-state index contributed by atoms with van der Waals surface area (Å²) < 4.78 is 76.8. The van der Waals surface area contributed by atoms with Crippen molar-refractivity contribution >= 4 is 49.3 Å². The summed E-state index contributed by atoms with van der Waals surface area (Å²) in [5, 5.41) is 18.0. The van der Waals surface area contributed by atoms with E-state index in [9.17, 15) is 13.2 Å².